The summed E-state index contributed by atoms with van der Waals surface area (Å²) in [4.78, 5) is 27.9. The molecule has 11 heteroatoms. The van der Waals surface area contributed by atoms with Crippen LogP contribution in [0.4, 0.5) is 14.5 Å². The molecule has 0 amide bonds. The second kappa shape index (κ2) is 12.6. The number of fused-ring (bicyclic) bond motifs is 7. The van der Waals surface area contributed by atoms with Gasteiger partial charge in [-0.05, 0) is 94.0 Å². The van der Waals surface area contributed by atoms with Crippen molar-refractivity contribution in [3.63, 3.8) is 0 Å². The molecule has 7 rings (SSSR count). The van der Waals surface area contributed by atoms with Gasteiger partial charge in [0.05, 0.1) is 22.9 Å². The minimum Gasteiger partial charge on any atom is -0.390 e. The number of halogens is 3. The summed E-state index contributed by atoms with van der Waals surface area (Å²) in [7, 11) is 0. The van der Waals surface area contributed by atoms with Gasteiger partial charge in [0.1, 0.15) is 12.8 Å². The van der Waals surface area contributed by atoms with Crippen LogP contribution in [0.15, 0.2) is 76.1 Å². The first-order valence-corrected chi connectivity index (χ1v) is 17.6. The third-order valence-electron chi connectivity index (χ3n) is 11.7. The van der Waals surface area contributed by atoms with E-state index < -0.39 is 76.8 Å². The topological polar surface area (TPSA) is 105 Å². The molecule has 3 saturated carbocycles. The van der Waals surface area contributed by atoms with Gasteiger partial charge in [0.15, 0.2) is 29.1 Å². The summed E-state index contributed by atoms with van der Waals surface area (Å²) in [5.74, 6) is -2.63. The lowest BCUT2D eigenvalue weighted by Crippen LogP contribution is -2.70. The minimum atomic E-state index is -2.30. The molecule has 0 aromatic heterocycles. The van der Waals surface area contributed by atoms with Crippen molar-refractivity contribution < 1.29 is 38.1 Å². The van der Waals surface area contributed by atoms with E-state index in [1.165, 1.54) is 19.1 Å². The number of carbonyl (C=O) groups is 2. The molecule has 264 valence electrons. The number of nitrogens with one attached hydrogen (secondary N) is 1. The maximum absolute atomic E-state index is 17.6. The molecule has 5 aliphatic rings. The Hall–Kier alpha value is -2.60. The fourth-order valence-corrected chi connectivity index (χ4v) is 10.6. The van der Waals surface area contributed by atoms with Crippen LogP contribution in [0, 0.1) is 22.7 Å². The lowest BCUT2D eigenvalue weighted by Gasteiger charge is -2.63. The van der Waals surface area contributed by atoms with Crippen LogP contribution in [0.3, 0.4) is 0 Å². The molecular weight excluding hydrogens is 672 g/mol. The lowest BCUT2D eigenvalue weighted by molar-refractivity contribution is -0.235. The number of alkyl halides is 2. The fraction of sp³-hybridized carbons (Fsp3) is 0.526. The molecule has 2 aromatic carbocycles. The van der Waals surface area contributed by atoms with E-state index >= 15 is 8.78 Å². The van der Waals surface area contributed by atoms with E-state index in [1.54, 1.807) is 18.7 Å². The van der Waals surface area contributed by atoms with Gasteiger partial charge >= 0.3 is 0 Å². The fourth-order valence-electron chi connectivity index (χ4n) is 9.53. The Morgan fingerprint density at radius 2 is 1.82 bits per heavy atom. The van der Waals surface area contributed by atoms with Crippen LogP contribution < -0.4 is 5.32 Å². The second-order valence-corrected chi connectivity index (χ2v) is 16.2. The quantitative estimate of drug-likeness (QED) is 0.270. The molecule has 0 spiro atoms. The molecule has 0 bridgehead atoms. The van der Waals surface area contributed by atoms with Gasteiger partial charge in [0, 0.05) is 38.1 Å². The van der Waals surface area contributed by atoms with Crippen molar-refractivity contribution in [1.29, 1.82) is 0 Å². The van der Waals surface area contributed by atoms with Gasteiger partial charge < -0.3 is 25.0 Å². The number of aliphatic hydroxyl groups excluding tert-OH is 2. The van der Waals surface area contributed by atoms with Crippen molar-refractivity contribution in [2.24, 2.45) is 22.7 Å². The predicted molar refractivity (Wildman–Crippen MR) is 185 cm³/mol. The maximum atomic E-state index is 17.6. The zero-order valence-corrected chi connectivity index (χ0v) is 28.8. The first kappa shape index (κ1) is 36.2. The molecule has 4 aliphatic carbocycles. The number of rotatable bonds is 7. The third kappa shape index (κ3) is 5.19. The van der Waals surface area contributed by atoms with Crippen LogP contribution in [0.1, 0.15) is 66.2 Å². The molecular formula is C38H44ClF2NO6S. The van der Waals surface area contributed by atoms with Crippen molar-refractivity contribution in [2.45, 2.75) is 106 Å². The second-order valence-electron chi connectivity index (χ2n) is 14.6. The summed E-state index contributed by atoms with van der Waals surface area (Å²) in [6.07, 6.45) is -1.48. The molecule has 2 aromatic rings. The van der Waals surface area contributed by atoms with Crippen molar-refractivity contribution >= 4 is 40.6 Å². The van der Waals surface area contributed by atoms with Crippen LogP contribution in [-0.2, 0) is 19.1 Å². The van der Waals surface area contributed by atoms with Crippen molar-refractivity contribution in [1.82, 2.24) is 0 Å². The number of hydrogen-bond donors (Lipinski definition) is 3. The molecule has 0 radical (unpaired) electrons. The van der Waals surface area contributed by atoms with Gasteiger partial charge in [-0.2, -0.15) is 0 Å². The van der Waals surface area contributed by atoms with Crippen LogP contribution in [0.5, 0.6) is 0 Å². The number of Topliss-reactive ketones (excluding diaryl/α,β-unsaturated/α-hetero) is 1. The molecule has 10 atom stereocenters. The molecule has 3 N–H and O–H groups in total. The highest BCUT2D eigenvalue weighted by Crippen LogP contribution is 2.72. The van der Waals surface area contributed by atoms with Crippen molar-refractivity contribution in [2.75, 3.05) is 11.9 Å². The summed E-state index contributed by atoms with van der Waals surface area (Å²) < 4.78 is 46.5. The predicted octanol–water partition coefficient (Wildman–Crippen LogP) is 7.59. The van der Waals surface area contributed by atoms with Gasteiger partial charge in [-0.1, -0.05) is 55.9 Å². The Morgan fingerprint density at radius 3 is 2.49 bits per heavy atom. The number of hydrogen-bond acceptors (Lipinski definition) is 8. The zero-order valence-electron chi connectivity index (χ0n) is 27.2. The Morgan fingerprint density at radius 1 is 1.12 bits per heavy atom. The SMILES string of the molecule is C.CC(C)Nc1cc(Sc2ccc([C@@H]3O[C@@H]4C[C@H]5[C@@H]6C[C@H](F)C7=CC(=O)C=C[C@]7(C)[C@@]6(F)[C@@H](O)C[C@]5(C)[C@]4(C(=O)CO)O3)cc2)ccc1Cl. The normalized spacial score (nSPS) is 39.0. The van der Waals surface area contributed by atoms with E-state index in [0.717, 1.165) is 21.6 Å². The van der Waals surface area contributed by atoms with Crippen LogP contribution in [0.25, 0.3) is 0 Å². The Balaban J connectivity index is 0.00000417. The average molecular weight is 716 g/mol. The highest BCUT2D eigenvalue weighted by atomic mass is 35.5. The monoisotopic (exact) mass is 715 g/mol. The first-order valence-electron chi connectivity index (χ1n) is 16.5. The number of aliphatic hydroxyl groups is 2. The van der Waals surface area contributed by atoms with E-state index in [-0.39, 0.29) is 38.3 Å². The smallest absolute Gasteiger partial charge is 0.193 e. The van der Waals surface area contributed by atoms with E-state index in [2.05, 4.69) is 5.32 Å². The summed E-state index contributed by atoms with van der Waals surface area (Å²) in [6.45, 7) is 6.56. The summed E-state index contributed by atoms with van der Waals surface area (Å²) in [5, 5.41) is 25.9. The summed E-state index contributed by atoms with van der Waals surface area (Å²) in [6, 6.07) is 13.6. The lowest BCUT2D eigenvalue weighted by atomic mass is 9.44. The first-order chi connectivity index (χ1) is 22.7. The average Bonchev–Trinajstić information content (AvgIpc) is 3.54. The maximum Gasteiger partial charge on any atom is 0.193 e. The number of ketones is 2. The Bertz CT molecular complexity index is 1720. The number of carbonyl (C=O) groups excluding carboxylic acids is 2. The number of ether oxygens (including phenoxy) is 2. The van der Waals surface area contributed by atoms with E-state index in [1.807, 2.05) is 56.3 Å². The summed E-state index contributed by atoms with van der Waals surface area (Å²) in [5.41, 5.74) is -5.16. The van der Waals surface area contributed by atoms with Crippen LogP contribution >= 0.6 is 23.4 Å². The molecule has 4 fully saturated rings. The molecule has 1 heterocycles. The number of allylic oxidation sites excluding steroid dienone is 4. The number of anilines is 1. The van der Waals surface area contributed by atoms with E-state index in [4.69, 9.17) is 21.1 Å². The van der Waals surface area contributed by atoms with Crippen molar-refractivity contribution in [3.8, 4) is 0 Å². The Labute approximate surface area is 295 Å². The summed E-state index contributed by atoms with van der Waals surface area (Å²) >= 11 is 7.92. The van der Waals surface area contributed by atoms with Crippen LogP contribution in [0.2, 0.25) is 5.02 Å². The van der Waals surface area contributed by atoms with E-state index in [9.17, 15) is 19.8 Å². The highest BCUT2D eigenvalue weighted by Gasteiger charge is 2.80. The molecule has 49 heavy (non-hydrogen) atoms. The molecule has 1 aliphatic heterocycles. The van der Waals surface area contributed by atoms with Crippen LogP contribution in [-0.4, -0.2) is 64.1 Å². The van der Waals surface area contributed by atoms with Crippen molar-refractivity contribution in [3.05, 3.63) is 76.9 Å². The molecule has 1 saturated heterocycles. The Kier molecular flexibility index (Phi) is 9.28. The zero-order chi connectivity index (χ0) is 34.4. The molecule has 0 unspecified atom stereocenters. The molecule has 7 nitrogen and oxygen atoms in total. The van der Waals surface area contributed by atoms with Gasteiger partial charge in [-0.25, -0.2) is 8.78 Å². The standard InChI is InChI=1S/C37H40ClF2NO6S.CH4/c1-19(2)41-29-14-23(9-10-27(29)38)48-22-7-5-20(6-8-22)33-46-32-16-24-25-15-28(39)26-13-21(43)11-12-34(26,3)36(25,40)30(44)17-35(24,4)37(32,47-33)31(45)18-42;/h5-14,19,24-25,28,30,32-33,41-42,44H,15-18H2,1-4H3;1H4/t24-,25-,28-,30-,32+,33+,34-,35-,36-,37+;/m0./s1. The third-order valence-corrected chi connectivity index (χ3v) is 13.0. The van der Waals surface area contributed by atoms with E-state index in [0.29, 0.717) is 10.6 Å². The van der Waals surface area contributed by atoms with Gasteiger partial charge in [0.25, 0.3) is 0 Å². The van der Waals surface area contributed by atoms with Gasteiger partial charge in [-0.15, -0.1) is 0 Å². The van der Waals surface area contributed by atoms with Gasteiger partial charge in [-0.3, -0.25) is 9.59 Å². The highest BCUT2D eigenvalue weighted by molar-refractivity contribution is 7.99. The van der Waals surface area contributed by atoms with Gasteiger partial charge in [0.2, 0.25) is 0 Å². The number of benzene rings is 2. The minimum absolute atomic E-state index is 0. The largest absolute Gasteiger partial charge is 0.390 e.